The van der Waals surface area contributed by atoms with Crippen LogP contribution in [0, 0.1) is 23.2 Å². The summed E-state index contributed by atoms with van der Waals surface area (Å²) in [6, 6.07) is 11.0. The van der Waals surface area contributed by atoms with E-state index in [4.69, 9.17) is 5.26 Å². The highest BCUT2D eigenvalue weighted by molar-refractivity contribution is 5.27. The summed E-state index contributed by atoms with van der Waals surface area (Å²) in [6.45, 7) is 4.69. The summed E-state index contributed by atoms with van der Waals surface area (Å²) in [4.78, 5) is 0. The molecule has 0 aliphatic heterocycles. The van der Waals surface area contributed by atoms with Gasteiger partial charge in [0.2, 0.25) is 0 Å². The van der Waals surface area contributed by atoms with Crippen LogP contribution in [0.2, 0.25) is 0 Å². The Bertz CT molecular complexity index is 432. The Balaban J connectivity index is 1.85. The first kappa shape index (κ1) is 15.1. The van der Waals surface area contributed by atoms with Crippen LogP contribution in [0.25, 0.3) is 0 Å². The van der Waals surface area contributed by atoms with Gasteiger partial charge in [-0.15, -0.1) is 0 Å². The second-order valence-corrected chi connectivity index (χ2v) is 6.54. The third-order valence-electron chi connectivity index (χ3n) is 5.01. The maximum Gasteiger partial charge on any atom is 0.0669 e. The molecule has 0 spiro atoms. The molecule has 0 heterocycles. The number of rotatable bonds is 5. The van der Waals surface area contributed by atoms with Gasteiger partial charge in [-0.25, -0.2) is 0 Å². The largest absolute Gasteiger partial charge is 0.198 e. The maximum atomic E-state index is 8.71. The molecule has 1 atom stereocenters. The lowest BCUT2D eigenvalue weighted by Crippen LogP contribution is -2.15. The van der Waals surface area contributed by atoms with Crippen LogP contribution >= 0.6 is 0 Å². The first-order valence-electron chi connectivity index (χ1n) is 8.18. The quantitative estimate of drug-likeness (QED) is 0.696. The van der Waals surface area contributed by atoms with Gasteiger partial charge in [0, 0.05) is 0 Å². The molecule has 0 bridgehead atoms. The van der Waals surface area contributed by atoms with Crippen LogP contribution in [-0.4, -0.2) is 0 Å². The predicted octanol–water partition coefficient (Wildman–Crippen LogP) is 5.46. The van der Waals surface area contributed by atoms with Crippen molar-refractivity contribution in [3.05, 3.63) is 35.4 Å². The van der Waals surface area contributed by atoms with Crippen LogP contribution in [0.4, 0.5) is 0 Å². The molecule has 1 unspecified atom stereocenters. The van der Waals surface area contributed by atoms with Crippen molar-refractivity contribution in [1.82, 2.24) is 0 Å². The molecular formula is C19H27N. The summed E-state index contributed by atoms with van der Waals surface area (Å²) in [5.74, 6) is 2.60. The number of hydrogen-bond acceptors (Lipinski definition) is 1. The minimum atomic E-state index is 0.530. The number of benzene rings is 1. The first-order valence-corrected chi connectivity index (χ1v) is 8.18. The molecule has 1 nitrogen and oxygen atoms in total. The number of nitriles is 1. The molecule has 20 heavy (non-hydrogen) atoms. The van der Waals surface area contributed by atoms with Crippen molar-refractivity contribution in [2.45, 2.75) is 64.7 Å². The molecule has 0 aromatic heterocycles. The van der Waals surface area contributed by atoms with Crippen LogP contribution in [-0.2, 0) is 6.42 Å². The third-order valence-corrected chi connectivity index (χ3v) is 5.01. The molecular weight excluding hydrogens is 242 g/mol. The number of nitrogens with zero attached hydrogens (tertiary/aromatic N) is 1. The van der Waals surface area contributed by atoms with E-state index in [2.05, 4.69) is 44.2 Å². The molecule has 0 radical (unpaired) electrons. The predicted molar refractivity (Wildman–Crippen MR) is 84.5 cm³/mol. The molecule has 1 heteroatoms. The summed E-state index contributed by atoms with van der Waals surface area (Å²) in [5, 5.41) is 8.71. The summed E-state index contributed by atoms with van der Waals surface area (Å²) in [6.07, 6.45) is 8.76. The maximum absolute atomic E-state index is 8.71. The fourth-order valence-corrected chi connectivity index (χ4v) is 3.47. The average molecular weight is 269 g/mol. The van der Waals surface area contributed by atoms with E-state index in [1.165, 1.54) is 44.1 Å². The van der Waals surface area contributed by atoms with Crippen LogP contribution < -0.4 is 0 Å². The van der Waals surface area contributed by atoms with Crippen molar-refractivity contribution in [3.63, 3.8) is 0 Å². The van der Waals surface area contributed by atoms with Crippen LogP contribution in [0.3, 0.4) is 0 Å². The Morgan fingerprint density at radius 3 is 2.35 bits per heavy atom. The molecule has 1 fully saturated rings. The minimum absolute atomic E-state index is 0.530. The van der Waals surface area contributed by atoms with Crippen molar-refractivity contribution < 1.29 is 0 Å². The summed E-state index contributed by atoms with van der Waals surface area (Å²) >= 11 is 0. The molecule has 0 saturated heterocycles. The Hall–Kier alpha value is -1.29. The lowest BCUT2D eigenvalue weighted by Gasteiger charge is -2.30. The smallest absolute Gasteiger partial charge is 0.0669 e. The van der Waals surface area contributed by atoms with Gasteiger partial charge in [0.05, 0.1) is 12.5 Å². The average Bonchev–Trinajstić information content (AvgIpc) is 2.49. The van der Waals surface area contributed by atoms with Crippen LogP contribution in [0.1, 0.15) is 69.4 Å². The van der Waals surface area contributed by atoms with E-state index in [-0.39, 0.29) is 0 Å². The highest BCUT2D eigenvalue weighted by Crippen LogP contribution is 2.38. The SMILES string of the molecule is CCC(C)C[C@H]1CC[C@H](c2ccc(CC#N)cc2)CC1. The fourth-order valence-electron chi connectivity index (χ4n) is 3.47. The van der Waals surface area contributed by atoms with E-state index < -0.39 is 0 Å². The van der Waals surface area contributed by atoms with Gasteiger partial charge < -0.3 is 0 Å². The highest BCUT2D eigenvalue weighted by Gasteiger charge is 2.23. The van der Waals surface area contributed by atoms with Crippen LogP contribution in [0.15, 0.2) is 24.3 Å². The molecule has 1 aromatic carbocycles. The van der Waals surface area contributed by atoms with Crippen molar-refractivity contribution in [1.29, 1.82) is 5.26 Å². The number of hydrogen-bond donors (Lipinski definition) is 0. The summed E-state index contributed by atoms with van der Waals surface area (Å²) in [5.41, 5.74) is 2.62. The van der Waals surface area contributed by atoms with Gasteiger partial charge in [0.15, 0.2) is 0 Å². The van der Waals surface area contributed by atoms with Crippen molar-refractivity contribution in [2.24, 2.45) is 11.8 Å². The lowest BCUT2D eigenvalue weighted by atomic mass is 9.75. The van der Waals surface area contributed by atoms with Gasteiger partial charge in [0.25, 0.3) is 0 Å². The van der Waals surface area contributed by atoms with Gasteiger partial charge in [0.1, 0.15) is 0 Å². The highest BCUT2D eigenvalue weighted by atomic mass is 14.3. The standard InChI is InChI=1S/C19H27N/c1-3-15(2)14-17-6-10-19(11-7-17)18-8-4-16(5-9-18)12-13-20/h4-5,8-9,15,17,19H,3,6-7,10-12,14H2,1-2H3/t15?,17-,19-. The zero-order valence-electron chi connectivity index (χ0n) is 12.9. The van der Waals surface area contributed by atoms with Gasteiger partial charge >= 0.3 is 0 Å². The second kappa shape index (κ2) is 7.48. The minimum Gasteiger partial charge on any atom is -0.198 e. The zero-order valence-corrected chi connectivity index (χ0v) is 12.9. The van der Waals surface area contributed by atoms with Gasteiger partial charge in [-0.3, -0.25) is 0 Å². The molecule has 1 aromatic rings. The van der Waals surface area contributed by atoms with Gasteiger partial charge in [-0.05, 0) is 61.0 Å². The normalized spacial score (nSPS) is 24.1. The fraction of sp³-hybridized carbons (Fsp3) is 0.632. The topological polar surface area (TPSA) is 23.8 Å². The van der Waals surface area contributed by atoms with Crippen molar-refractivity contribution in [3.8, 4) is 6.07 Å². The first-order chi connectivity index (χ1) is 9.72. The lowest BCUT2D eigenvalue weighted by molar-refractivity contribution is 0.273. The second-order valence-electron chi connectivity index (χ2n) is 6.54. The van der Waals surface area contributed by atoms with Gasteiger partial charge in [-0.1, -0.05) is 44.5 Å². The molecule has 0 amide bonds. The molecule has 1 aliphatic rings. The van der Waals surface area contributed by atoms with E-state index in [1.54, 1.807) is 0 Å². The monoisotopic (exact) mass is 269 g/mol. The van der Waals surface area contributed by atoms with E-state index >= 15 is 0 Å². The third kappa shape index (κ3) is 4.10. The van der Waals surface area contributed by atoms with Crippen LogP contribution in [0.5, 0.6) is 0 Å². The Kier molecular flexibility index (Phi) is 5.65. The Labute approximate surface area is 124 Å². The van der Waals surface area contributed by atoms with E-state index in [0.717, 1.165) is 23.3 Å². The van der Waals surface area contributed by atoms with E-state index in [9.17, 15) is 0 Å². The Morgan fingerprint density at radius 1 is 1.15 bits per heavy atom. The summed E-state index contributed by atoms with van der Waals surface area (Å²) < 4.78 is 0. The van der Waals surface area contributed by atoms with E-state index in [0.29, 0.717) is 6.42 Å². The molecule has 0 N–H and O–H groups in total. The molecule has 1 aliphatic carbocycles. The van der Waals surface area contributed by atoms with Crippen molar-refractivity contribution >= 4 is 0 Å². The zero-order chi connectivity index (χ0) is 14.4. The molecule has 1 saturated carbocycles. The molecule has 2 rings (SSSR count). The van der Waals surface area contributed by atoms with E-state index in [1.807, 2.05) is 0 Å². The van der Waals surface area contributed by atoms with Gasteiger partial charge in [-0.2, -0.15) is 5.26 Å². The Morgan fingerprint density at radius 2 is 1.80 bits per heavy atom. The van der Waals surface area contributed by atoms with Crippen molar-refractivity contribution in [2.75, 3.05) is 0 Å². The summed E-state index contributed by atoms with van der Waals surface area (Å²) in [7, 11) is 0. The molecule has 108 valence electrons.